The van der Waals surface area contributed by atoms with E-state index in [2.05, 4.69) is 39.1 Å². The highest BCUT2D eigenvalue weighted by Crippen LogP contribution is 2.25. The molecule has 0 spiro atoms. The molecule has 158 valence electrons. The number of morpholine rings is 1. The molecule has 2 aromatic heterocycles. The van der Waals surface area contributed by atoms with E-state index in [9.17, 15) is 4.79 Å². The predicted octanol–water partition coefficient (Wildman–Crippen LogP) is 1.64. The van der Waals surface area contributed by atoms with Crippen LogP contribution in [0.4, 0.5) is 5.82 Å². The topological polar surface area (TPSA) is 94.4 Å². The van der Waals surface area contributed by atoms with E-state index < -0.39 is 0 Å². The first-order valence-electron chi connectivity index (χ1n) is 10.1. The molecule has 1 aromatic carbocycles. The van der Waals surface area contributed by atoms with Gasteiger partial charge in [0, 0.05) is 19.6 Å². The molecule has 3 aromatic rings. The zero-order valence-corrected chi connectivity index (χ0v) is 17.2. The number of benzene rings is 1. The van der Waals surface area contributed by atoms with E-state index in [4.69, 9.17) is 9.47 Å². The average Bonchev–Trinajstić information content (AvgIpc) is 3.15. The van der Waals surface area contributed by atoms with Crippen LogP contribution in [0.2, 0.25) is 0 Å². The Bertz CT molecular complexity index is 983. The van der Waals surface area contributed by atoms with Crippen molar-refractivity contribution in [1.82, 2.24) is 25.1 Å². The summed E-state index contributed by atoms with van der Waals surface area (Å²) in [6.45, 7) is 6.59. The second kappa shape index (κ2) is 9.08. The summed E-state index contributed by atoms with van der Waals surface area (Å²) in [6, 6.07) is 9.26. The van der Waals surface area contributed by atoms with Crippen molar-refractivity contribution in [2.24, 2.45) is 0 Å². The average molecular weight is 410 g/mol. The molecule has 2 atom stereocenters. The fraction of sp³-hybridized carbons (Fsp3) is 0.429. The Morgan fingerprint density at radius 1 is 1.20 bits per heavy atom. The van der Waals surface area contributed by atoms with Gasteiger partial charge >= 0.3 is 0 Å². The number of anilines is 1. The first-order valence-corrected chi connectivity index (χ1v) is 10.1. The number of para-hydroxylation sites is 1. The molecule has 0 aliphatic carbocycles. The zero-order valence-electron chi connectivity index (χ0n) is 17.2. The molecule has 1 saturated heterocycles. The minimum Gasteiger partial charge on any atom is -0.484 e. The maximum absolute atomic E-state index is 12.0. The smallest absolute Gasteiger partial charge is 0.258 e. The number of hydrogen-bond acceptors (Lipinski definition) is 7. The van der Waals surface area contributed by atoms with Crippen molar-refractivity contribution < 1.29 is 14.3 Å². The highest BCUT2D eigenvalue weighted by atomic mass is 16.5. The van der Waals surface area contributed by atoms with Gasteiger partial charge in [0.2, 0.25) is 0 Å². The van der Waals surface area contributed by atoms with Crippen molar-refractivity contribution in [3.8, 4) is 5.75 Å². The molecule has 0 radical (unpaired) electrons. The standard InChI is InChI=1S/C21H26N6O3/c1-15-11-26(12-16(2)30-15)20-18-10-25-27(21(18)24-14-23-20)9-8-22-19(28)13-29-17-6-4-3-5-7-17/h3-7,10,14-16H,8-9,11-13H2,1-2H3,(H,22,28)/t15-,16-/m1/s1. The van der Waals surface area contributed by atoms with Crippen molar-refractivity contribution in [2.75, 3.05) is 31.1 Å². The zero-order chi connectivity index (χ0) is 20.9. The van der Waals surface area contributed by atoms with Gasteiger partial charge in [-0.25, -0.2) is 14.6 Å². The van der Waals surface area contributed by atoms with Crippen LogP contribution in [-0.4, -0.2) is 64.1 Å². The minimum atomic E-state index is -0.179. The number of fused-ring (bicyclic) bond motifs is 1. The van der Waals surface area contributed by atoms with Gasteiger partial charge in [0.05, 0.1) is 30.3 Å². The first kappa shape index (κ1) is 20.1. The molecule has 9 heteroatoms. The molecule has 1 aliphatic heterocycles. The molecule has 1 amide bonds. The fourth-order valence-corrected chi connectivity index (χ4v) is 3.66. The molecular weight excluding hydrogens is 384 g/mol. The summed E-state index contributed by atoms with van der Waals surface area (Å²) in [4.78, 5) is 23.1. The number of amides is 1. The van der Waals surface area contributed by atoms with Crippen LogP contribution in [0.15, 0.2) is 42.9 Å². The Morgan fingerprint density at radius 2 is 1.97 bits per heavy atom. The van der Waals surface area contributed by atoms with Crippen molar-refractivity contribution in [3.05, 3.63) is 42.9 Å². The lowest BCUT2D eigenvalue weighted by atomic mass is 10.2. The van der Waals surface area contributed by atoms with E-state index in [1.165, 1.54) is 0 Å². The van der Waals surface area contributed by atoms with Gasteiger partial charge in [0.25, 0.3) is 5.91 Å². The Hall–Kier alpha value is -3.20. The summed E-state index contributed by atoms with van der Waals surface area (Å²) in [5.74, 6) is 1.36. The monoisotopic (exact) mass is 410 g/mol. The van der Waals surface area contributed by atoms with E-state index in [1.807, 2.05) is 30.3 Å². The normalized spacial score (nSPS) is 19.1. The van der Waals surface area contributed by atoms with Crippen molar-refractivity contribution in [3.63, 3.8) is 0 Å². The van der Waals surface area contributed by atoms with Crippen LogP contribution in [0.25, 0.3) is 11.0 Å². The van der Waals surface area contributed by atoms with Gasteiger partial charge in [-0.05, 0) is 26.0 Å². The molecule has 4 rings (SSSR count). The van der Waals surface area contributed by atoms with Gasteiger partial charge in [-0.2, -0.15) is 5.10 Å². The predicted molar refractivity (Wildman–Crippen MR) is 112 cm³/mol. The first-order chi connectivity index (χ1) is 14.6. The molecule has 30 heavy (non-hydrogen) atoms. The summed E-state index contributed by atoms with van der Waals surface area (Å²) >= 11 is 0. The second-order valence-corrected chi connectivity index (χ2v) is 7.42. The highest BCUT2D eigenvalue weighted by Gasteiger charge is 2.25. The van der Waals surface area contributed by atoms with Crippen molar-refractivity contribution in [1.29, 1.82) is 0 Å². The van der Waals surface area contributed by atoms with E-state index in [-0.39, 0.29) is 24.7 Å². The number of rotatable bonds is 7. The number of aromatic nitrogens is 4. The summed E-state index contributed by atoms with van der Waals surface area (Å²) < 4.78 is 13.1. The molecule has 0 saturated carbocycles. The van der Waals surface area contributed by atoms with E-state index in [0.717, 1.165) is 29.9 Å². The summed E-state index contributed by atoms with van der Waals surface area (Å²) in [6.07, 6.45) is 3.63. The lowest BCUT2D eigenvalue weighted by Gasteiger charge is -2.36. The Morgan fingerprint density at radius 3 is 2.73 bits per heavy atom. The number of carbonyl (C=O) groups is 1. The van der Waals surface area contributed by atoms with Gasteiger partial charge in [-0.15, -0.1) is 0 Å². The second-order valence-electron chi connectivity index (χ2n) is 7.42. The molecule has 1 aliphatic rings. The number of nitrogens with zero attached hydrogens (tertiary/aromatic N) is 5. The SMILES string of the molecule is C[C@@H]1CN(c2ncnc3c2cnn3CCNC(=O)COc2ccccc2)C[C@@H](C)O1. The van der Waals surface area contributed by atoms with Crippen molar-refractivity contribution >= 4 is 22.8 Å². The Labute approximate surface area is 175 Å². The molecular formula is C21H26N6O3. The number of carbonyl (C=O) groups excluding carboxylic acids is 1. The van der Waals surface area contributed by atoms with Crippen LogP contribution in [0.5, 0.6) is 5.75 Å². The number of ether oxygens (including phenoxy) is 2. The summed E-state index contributed by atoms with van der Waals surface area (Å²) in [5.41, 5.74) is 0.751. The third kappa shape index (κ3) is 4.68. The maximum Gasteiger partial charge on any atom is 0.258 e. The quantitative estimate of drug-likeness (QED) is 0.633. The Balaban J connectivity index is 1.35. The van der Waals surface area contributed by atoms with E-state index >= 15 is 0 Å². The third-order valence-electron chi connectivity index (χ3n) is 4.89. The van der Waals surface area contributed by atoms with Crippen LogP contribution < -0.4 is 15.0 Å². The summed E-state index contributed by atoms with van der Waals surface area (Å²) in [7, 11) is 0. The van der Waals surface area contributed by atoms with Crippen molar-refractivity contribution in [2.45, 2.75) is 32.6 Å². The molecule has 0 unspecified atom stereocenters. The van der Waals surface area contributed by atoms with Crippen LogP contribution in [0.3, 0.4) is 0 Å². The van der Waals surface area contributed by atoms with Gasteiger partial charge in [0.1, 0.15) is 17.9 Å². The van der Waals surface area contributed by atoms with Gasteiger partial charge in [-0.3, -0.25) is 4.79 Å². The van der Waals surface area contributed by atoms with Gasteiger partial charge in [-0.1, -0.05) is 18.2 Å². The molecule has 9 nitrogen and oxygen atoms in total. The highest BCUT2D eigenvalue weighted by molar-refractivity contribution is 5.86. The third-order valence-corrected chi connectivity index (χ3v) is 4.89. The van der Waals surface area contributed by atoms with Gasteiger partial charge in [0.15, 0.2) is 12.3 Å². The number of hydrogen-bond donors (Lipinski definition) is 1. The maximum atomic E-state index is 12.0. The number of nitrogens with one attached hydrogen (secondary N) is 1. The van der Waals surface area contributed by atoms with E-state index in [0.29, 0.717) is 18.8 Å². The lowest BCUT2D eigenvalue weighted by molar-refractivity contribution is -0.123. The minimum absolute atomic E-state index is 0.0242. The Kier molecular flexibility index (Phi) is 6.08. The molecule has 1 fully saturated rings. The molecule has 1 N–H and O–H groups in total. The fourth-order valence-electron chi connectivity index (χ4n) is 3.66. The van der Waals surface area contributed by atoms with Crippen LogP contribution in [0.1, 0.15) is 13.8 Å². The molecule has 3 heterocycles. The van der Waals surface area contributed by atoms with Gasteiger partial charge < -0.3 is 19.7 Å². The van der Waals surface area contributed by atoms with E-state index in [1.54, 1.807) is 17.2 Å². The summed E-state index contributed by atoms with van der Waals surface area (Å²) in [5, 5.41) is 8.20. The van der Waals surface area contributed by atoms with Crippen LogP contribution in [-0.2, 0) is 16.1 Å². The van der Waals surface area contributed by atoms with Crippen LogP contribution >= 0.6 is 0 Å². The lowest BCUT2D eigenvalue weighted by Crippen LogP contribution is -2.45. The molecule has 0 bridgehead atoms. The largest absolute Gasteiger partial charge is 0.484 e. The van der Waals surface area contributed by atoms with Crippen LogP contribution in [0, 0.1) is 0 Å².